The summed E-state index contributed by atoms with van der Waals surface area (Å²) in [6, 6.07) is 9.70. The Bertz CT molecular complexity index is 1930. The minimum atomic E-state index is -4.64. The van der Waals surface area contributed by atoms with Gasteiger partial charge in [-0.15, -0.1) is 0 Å². The Morgan fingerprint density at radius 2 is 1.12 bits per heavy atom. The average Bonchev–Trinajstić information content (AvgIpc) is 3.64. The van der Waals surface area contributed by atoms with Crippen LogP contribution in [0.25, 0.3) is 0 Å². The largest absolute Gasteiger partial charge is 0.475 e. The zero-order valence-corrected chi connectivity index (χ0v) is 28.1. The molecule has 2 unspecified atom stereocenters. The number of rotatable bonds is 6. The molecule has 0 radical (unpaired) electrons. The van der Waals surface area contributed by atoms with Gasteiger partial charge in [0.15, 0.2) is 0 Å². The molecule has 2 amide bonds. The van der Waals surface area contributed by atoms with E-state index in [1.54, 1.807) is 36.7 Å². The molecule has 2 aromatic carbocycles. The number of pyridine rings is 2. The van der Waals surface area contributed by atoms with E-state index in [1.807, 2.05) is 0 Å². The van der Waals surface area contributed by atoms with E-state index in [0.717, 1.165) is 24.3 Å². The lowest BCUT2D eigenvalue weighted by Gasteiger charge is -2.16. The van der Waals surface area contributed by atoms with Crippen molar-refractivity contribution in [2.24, 2.45) is 0 Å². The van der Waals surface area contributed by atoms with Crippen molar-refractivity contribution in [1.29, 1.82) is 0 Å². The molecule has 4 aromatic rings. The summed E-state index contributed by atoms with van der Waals surface area (Å²) in [5.41, 5.74) is -1.06. The van der Waals surface area contributed by atoms with Crippen LogP contribution < -0.4 is 20.1 Å². The number of ether oxygens (including phenoxy) is 2. The molecular formula is C32H22Cl4F6N4O4. The normalized spacial score (nSPS) is 16.3. The van der Waals surface area contributed by atoms with Gasteiger partial charge < -0.3 is 20.1 Å². The van der Waals surface area contributed by atoms with Crippen molar-refractivity contribution in [3.8, 4) is 11.8 Å². The average molecular weight is 782 g/mol. The van der Waals surface area contributed by atoms with Gasteiger partial charge in [0.2, 0.25) is 23.6 Å². The lowest BCUT2D eigenvalue weighted by atomic mass is 10.0. The molecule has 18 heteroatoms. The van der Waals surface area contributed by atoms with E-state index >= 15 is 0 Å². The number of hydrogen-bond donors (Lipinski definition) is 2. The molecule has 2 aliphatic heterocycles. The summed E-state index contributed by atoms with van der Waals surface area (Å²) in [4.78, 5) is 32.6. The van der Waals surface area contributed by atoms with Crippen LogP contribution >= 0.6 is 46.4 Å². The van der Waals surface area contributed by atoms with Crippen molar-refractivity contribution < 1.29 is 45.4 Å². The van der Waals surface area contributed by atoms with E-state index in [4.69, 9.17) is 55.9 Å². The van der Waals surface area contributed by atoms with Gasteiger partial charge in [0.05, 0.1) is 51.1 Å². The van der Waals surface area contributed by atoms with Gasteiger partial charge in [-0.05, 0) is 59.7 Å². The Hall–Kier alpha value is -3.98. The fraction of sp³-hybridized carbons (Fsp3) is 0.250. The summed E-state index contributed by atoms with van der Waals surface area (Å²) in [5, 5.41) is 4.43. The highest BCUT2D eigenvalue weighted by Gasteiger charge is 2.37. The summed E-state index contributed by atoms with van der Waals surface area (Å²) in [5.74, 6) is -0.333. The van der Waals surface area contributed by atoms with E-state index < -0.39 is 58.8 Å². The zero-order chi connectivity index (χ0) is 36.4. The number of fused-ring (bicyclic) bond motifs is 2. The topological polar surface area (TPSA) is 102 Å². The van der Waals surface area contributed by atoms with E-state index in [-0.39, 0.29) is 45.8 Å². The number of benzene rings is 2. The van der Waals surface area contributed by atoms with Gasteiger partial charge >= 0.3 is 12.4 Å². The van der Waals surface area contributed by atoms with E-state index in [2.05, 4.69) is 20.6 Å². The minimum absolute atomic E-state index is 0.00195. The molecule has 0 fully saturated rings. The van der Waals surface area contributed by atoms with Gasteiger partial charge in [-0.3, -0.25) is 9.59 Å². The van der Waals surface area contributed by atoms with Crippen molar-refractivity contribution in [2.45, 2.75) is 37.3 Å². The SMILES string of the molecule is O=C(Cc1c(C(F)(F)F)ccc(Cl)c1Cl)NC1COc2ncccc21.O=C(Cc1c(Cl)ccc(C(F)(F)F)c1Cl)NC1COc2ncccc21. The van der Waals surface area contributed by atoms with Crippen molar-refractivity contribution in [3.05, 3.63) is 114 Å². The summed E-state index contributed by atoms with van der Waals surface area (Å²) in [6.07, 6.45) is -7.10. The maximum atomic E-state index is 13.2. The molecule has 2 atom stereocenters. The highest BCUT2D eigenvalue weighted by Crippen LogP contribution is 2.40. The molecule has 8 nitrogen and oxygen atoms in total. The zero-order valence-electron chi connectivity index (χ0n) is 25.1. The highest BCUT2D eigenvalue weighted by molar-refractivity contribution is 6.42. The summed E-state index contributed by atoms with van der Waals surface area (Å²) < 4.78 is 88.9. The lowest BCUT2D eigenvalue weighted by Crippen LogP contribution is -2.31. The van der Waals surface area contributed by atoms with Crippen LogP contribution in [0.4, 0.5) is 26.3 Å². The number of halogens is 10. The molecule has 0 spiro atoms. The van der Waals surface area contributed by atoms with Crippen LogP contribution in [0, 0.1) is 0 Å². The number of carbonyl (C=O) groups excluding carboxylic acids is 2. The number of aromatic nitrogens is 2. The van der Waals surface area contributed by atoms with E-state index in [1.165, 1.54) is 0 Å². The number of carbonyl (C=O) groups is 2. The Morgan fingerprint density at radius 1 is 0.660 bits per heavy atom. The first-order valence-electron chi connectivity index (χ1n) is 14.4. The number of nitrogens with one attached hydrogen (secondary N) is 2. The highest BCUT2D eigenvalue weighted by atomic mass is 35.5. The molecule has 2 aromatic heterocycles. The second-order valence-electron chi connectivity index (χ2n) is 10.8. The molecule has 4 heterocycles. The fourth-order valence-electron chi connectivity index (χ4n) is 5.14. The van der Waals surface area contributed by atoms with Crippen LogP contribution in [0.3, 0.4) is 0 Å². The quantitative estimate of drug-likeness (QED) is 0.191. The van der Waals surface area contributed by atoms with Crippen LogP contribution in [0.5, 0.6) is 11.8 Å². The van der Waals surface area contributed by atoms with Gasteiger partial charge in [-0.2, -0.15) is 26.3 Å². The Labute approximate surface area is 300 Å². The Balaban J connectivity index is 0.000000194. The number of alkyl halides is 6. The molecule has 50 heavy (non-hydrogen) atoms. The van der Waals surface area contributed by atoms with Gasteiger partial charge in [0, 0.05) is 28.5 Å². The van der Waals surface area contributed by atoms with Crippen LogP contribution in [-0.4, -0.2) is 35.0 Å². The van der Waals surface area contributed by atoms with Crippen molar-refractivity contribution in [3.63, 3.8) is 0 Å². The molecule has 0 aliphatic carbocycles. The first kappa shape index (κ1) is 37.3. The summed E-state index contributed by atoms with van der Waals surface area (Å²) in [7, 11) is 0. The van der Waals surface area contributed by atoms with E-state index in [0.29, 0.717) is 22.9 Å². The lowest BCUT2D eigenvalue weighted by molar-refractivity contribution is -0.139. The monoisotopic (exact) mass is 780 g/mol. The third kappa shape index (κ3) is 8.48. The van der Waals surface area contributed by atoms with Crippen LogP contribution in [0.1, 0.15) is 45.5 Å². The van der Waals surface area contributed by atoms with E-state index in [9.17, 15) is 35.9 Å². The fourth-order valence-corrected chi connectivity index (χ4v) is 6.16. The van der Waals surface area contributed by atoms with Gasteiger partial charge in [0.1, 0.15) is 13.2 Å². The third-order valence-electron chi connectivity index (χ3n) is 7.46. The third-order valence-corrected chi connectivity index (χ3v) is 9.09. The second kappa shape index (κ2) is 15.1. The van der Waals surface area contributed by atoms with Crippen LogP contribution in [0.2, 0.25) is 20.1 Å². The first-order valence-corrected chi connectivity index (χ1v) is 15.9. The van der Waals surface area contributed by atoms with Crippen LogP contribution in [0.15, 0.2) is 60.9 Å². The van der Waals surface area contributed by atoms with Gasteiger partial charge in [0.25, 0.3) is 0 Å². The Morgan fingerprint density at radius 3 is 1.62 bits per heavy atom. The second-order valence-corrected chi connectivity index (χ2v) is 12.4. The Kier molecular flexibility index (Phi) is 11.3. The van der Waals surface area contributed by atoms with Gasteiger partial charge in [-0.1, -0.05) is 46.4 Å². The molecular weight excluding hydrogens is 760 g/mol. The minimum Gasteiger partial charge on any atom is -0.475 e. The predicted octanol–water partition coefficient (Wildman–Crippen LogP) is 8.40. The summed E-state index contributed by atoms with van der Waals surface area (Å²) in [6.45, 7) is 0.357. The maximum absolute atomic E-state index is 13.2. The van der Waals surface area contributed by atoms with Crippen molar-refractivity contribution in [1.82, 2.24) is 20.6 Å². The smallest absolute Gasteiger partial charge is 0.417 e. The van der Waals surface area contributed by atoms with Crippen molar-refractivity contribution in [2.75, 3.05) is 13.2 Å². The molecule has 2 N–H and O–H groups in total. The molecule has 6 rings (SSSR count). The van der Waals surface area contributed by atoms with Crippen LogP contribution in [-0.2, 0) is 34.8 Å². The van der Waals surface area contributed by atoms with Crippen molar-refractivity contribution >= 4 is 58.2 Å². The van der Waals surface area contributed by atoms with Gasteiger partial charge in [-0.25, -0.2) is 9.97 Å². The standard InChI is InChI=1S/2C16H11Cl2F3N2O2/c17-11-4-3-10(16(19,20)21)14(18)9(11)6-13(24)23-12-7-25-15-8(12)2-1-5-22-15;17-11-4-3-10(16(19,20)21)9(14(11)18)6-13(24)23-12-7-25-15-8(12)2-1-5-22-15/h2*1-5,12H,6-7H2,(H,23,24). The number of hydrogen-bond acceptors (Lipinski definition) is 6. The number of nitrogens with zero attached hydrogens (tertiary/aromatic N) is 2. The molecule has 0 saturated carbocycles. The molecule has 264 valence electrons. The number of amides is 2. The predicted molar refractivity (Wildman–Crippen MR) is 172 cm³/mol. The summed E-state index contributed by atoms with van der Waals surface area (Å²) >= 11 is 23.4. The molecule has 0 bridgehead atoms. The maximum Gasteiger partial charge on any atom is 0.417 e. The molecule has 2 aliphatic rings. The first-order chi connectivity index (χ1) is 23.5. The molecule has 0 saturated heterocycles.